The second kappa shape index (κ2) is 7.01. The molecule has 0 unspecified atom stereocenters. The summed E-state index contributed by atoms with van der Waals surface area (Å²) in [5.41, 5.74) is 0. The van der Waals surface area contributed by atoms with Gasteiger partial charge in [-0.05, 0) is 20.8 Å². The van der Waals surface area contributed by atoms with Crippen molar-refractivity contribution in [2.24, 2.45) is 0 Å². The van der Waals surface area contributed by atoms with Gasteiger partial charge >= 0.3 is 5.97 Å². The predicted octanol–water partition coefficient (Wildman–Crippen LogP) is 1.18. The fraction of sp³-hybridized carbons (Fsp3) is 0.750. The smallest absolute Gasteiger partial charge is 0.337 e. The molecule has 0 rings (SSSR count). The van der Waals surface area contributed by atoms with Gasteiger partial charge < -0.3 is 18.7 Å². The van der Waals surface area contributed by atoms with Crippen molar-refractivity contribution >= 4 is 19.3 Å². The van der Waals surface area contributed by atoms with Crippen LogP contribution in [0.15, 0.2) is 0 Å². The molecular weight excluding hydrogens is 207 g/mol. The van der Waals surface area contributed by atoms with Crippen molar-refractivity contribution < 1.29 is 23.5 Å². The second-order valence-electron chi connectivity index (χ2n) is 2.28. The first kappa shape index (κ1) is 13.7. The molecular formula is C8H17O5P. The summed E-state index contributed by atoms with van der Waals surface area (Å²) in [5, 5.41) is 0. The van der Waals surface area contributed by atoms with Crippen LogP contribution in [0.1, 0.15) is 20.8 Å². The Bertz CT molecular complexity index is 216. The van der Waals surface area contributed by atoms with E-state index < -0.39 is 13.5 Å². The normalized spacial score (nSPS) is 11.1. The van der Waals surface area contributed by atoms with E-state index in [4.69, 9.17) is 9.05 Å². The topological polar surface area (TPSA) is 65.0 Å². The van der Waals surface area contributed by atoms with Crippen LogP contribution >= 0.6 is 7.57 Å². The molecule has 1 N–H and O–H groups in total. The van der Waals surface area contributed by atoms with E-state index in [0.717, 1.165) is 5.80 Å². The first-order valence-corrected chi connectivity index (χ1v) is 6.15. The lowest BCUT2D eigenvalue weighted by atomic mass is 10.8. The lowest BCUT2D eigenvalue weighted by Crippen LogP contribution is -2.09. The summed E-state index contributed by atoms with van der Waals surface area (Å²) >= 11 is 0. The standard InChI is InChI=1S/C8H17O5P/c1-4-11-8(9)7-14(10,12-5-2)13-6-3/h7,10H,4-6H2,1-3H3. The van der Waals surface area contributed by atoms with Gasteiger partial charge in [0, 0.05) is 0 Å². The number of hydrogen-bond acceptors (Lipinski definition) is 5. The minimum Gasteiger partial charge on any atom is -0.463 e. The Hall–Kier alpha value is -0.350. The molecule has 0 bridgehead atoms. The van der Waals surface area contributed by atoms with Gasteiger partial charge in [0.25, 0.3) is 7.57 Å². The van der Waals surface area contributed by atoms with E-state index in [1.165, 1.54) is 0 Å². The quantitative estimate of drug-likeness (QED) is 0.542. The Labute approximate surface area is 84.2 Å². The van der Waals surface area contributed by atoms with Crippen molar-refractivity contribution in [3.63, 3.8) is 0 Å². The van der Waals surface area contributed by atoms with E-state index >= 15 is 0 Å². The SMILES string of the molecule is CCOC(=O)C=P(O)(OCC)OCC. The van der Waals surface area contributed by atoms with Gasteiger partial charge in [0.05, 0.1) is 25.6 Å². The summed E-state index contributed by atoms with van der Waals surface area (Å²) < 4.78 is 14.6. The fourth-order valence-electron chi connectivity index (χ4n) is 0.794. The van der Waals surface area contributed by atoms with Gasteiger partial charge in [-0.25, -0.2) is 4.79 Å². The van der Waals surface area contributed by atoms with Crippen molar-refractivity contribution in [1.82, 2.24) is 0 Å². The van der Waals surface area contributed by atoms with Crippen LogP contribution in [-0.4, -0.2) is 36.5 Å². The van der Waals surface area contributed by atoms with E-state index in [1.807, 2.05) is 0 Å². The third kappa shape index (κ3) is 5.40. The van der Waals surface area contributed by atoms with Crippen LogP contribution in [0.2, 0.25) is 0 Å². The van der Waals surface area contributed by atoms with E-state index in [0.29, 0.717) is 0 Å². The molecule has 0 fully saturated rings. The monoisotopic (exact) mass is 224 g/mol. The summed E-state index contributed by atoms with van der Waals surface area (Å²) in [6.45, 7) is 5.92. The summed E-state index contributed by atoms with van der Waals surface area (Å²) in [6, 6.07) is 0. The van der Waals surface area contributed by atoms with Crippen molar-refractivity contribution in [2.45, 2.75) is 20.8 Å². The van der Waals surface area contributed by atoms with E-state index in [2.05, 4.69) is 4.74 Å². The highest BCUT2D eigenvalue weighted by atomic mass is 31.2. The summed E-state index contributed by atoms with van der Waals surface area (Å²) in [6.07, 6.45) is 0. The Morgan fingerprint density at radius 3 is 2.07 bits per heavy atom. The molecule has 0 aromatic heterocycles. The molecule has 0 atom stereocenters. The van der Waals surface area contributed by atoms with Gasteiger partial charge in [-0.3, -0.25) is 0 Å². The molecule has 0 amide bonds. The molecule has 84 valence electrons. The third-order valence-corrected chi connectivity index (χ3v) is 2.98. The maximum absolute atomic E-state index is 11.0. The van der Waals surface area contributed by atoms with Crippen LogP contribution in [0.3, 0.4) is 0 Å². The lowest BCUT2D eigenvalue weighted by molar-refractivity contribution is -0.134. The molecule has 0 saturated heterocycles. The molecule has 14 heavy (non-hydrogen) atoms. The number of ether oxygens (including phenoxy) is 1. The predicted molar refractivity (Wildman–Crippen MR) is 55.1 cm³/mol. The average molecular weight is 224 g/mol. The van der Waals surface area contributed by atoms with Crippen LogP contribution in [0, 0.1) is 0 Å². The minimum atomic E-state index is -3.15. The molecule has 0 spiro atoms. The molecule has 0 aliphatic rings. The zero-order chi connectivity index (χ0) is 11.0. The van der Waals surface area contributed by atoms with Crippen molar-refractivity contribution in [3.8, 4) is 0 Å². The van der Waals surface area contributed by atoms with Gasteiger partial charge in [-0.15, -0.1) is 0 Å². The van der Waals surface area contributed by atoms with E-state index in [9.17, 15) is 9.69 Å². The lowest BCUT2D eigenvalue weighted by Gasteiger charge is -2.17. The van der Waals surface area contributed by atoms with Crippen LogP contribution in [0.25, 0.3) is 0 Å². The van der Waals surface area contributed by atoms with Crippen LogP contribution in [-0.2, 0) is 18.6 Å². The number of hydrogen-bond donors (Lipinski definition) is 1. The first-order valence-electron chi connectivity index (χ1n) is 4.51. The van der Waals surface area contributed by atoms with Gasteiger partial charge in [0.1, 0.15) is 0 Å². The first-order chi connectivity index (χ1) is 6.58. The third-order valence-electron chi connectivity index (χ3n) is 1.18. The van der Waals surface area contributed by atoms with Crippen LogP contribution in [0.4, 0.5) is 0 Å². The molecule has 0 aliphatic carbocycles. The molecule has 0 aromatic rings. The minimum absolute atomic E-state index is 0.258. The highest BCUT2D eigenvalue weighted by Crippen LogP contribution is 2.44. The Balaban J connectivity index is 4.52. The molecule has 6 heteroatoms. The largest absolute Gasteiger partial charge is 0.463 e. The van der Waals surface area contributed by atoms with E-state index in [1.54, 1.807) is 20.8 Å². The highest BCUT2D eigenvalue weighted by molar-refractivity contribution is 7.61. The summed E-state index contributed by atoms with van der Waals surface area (Å²) in [4.78, 5) is 20.8. The number of carbonyl (C=O) groups excluding carboxylic acids is 1. The van der Waals surface area contributed by atoms with Gasteiger partial charge in [-0.2, -0.15) is 0 Å². The number of esters is 1. The van der Waals surface area contributed by atoms with Crippen LogP contribution in [0.5, 0.6) is 0 Å². The highest BCUT2D eigenvalue weighted by Gasteiger charge is 2.17. The van der Waals surface area contributed by atoms with Gasteiger partial charge in [0.15, 0.2) is 0 Å². The Morgan fingerprint density at radius 2 is 1.71 bits per heavy atom. The van der Waals surface area contributed by atoms with Gasteiger partial charge in [0.2, 0.25) is 0 Å². The zero-order valence-electron chi connectivity index (χ0n) is 8.73. The number of rotatable bonds is 6. The molecule has 0 saturated carbocycles. The van der Waals surface area contributed by atoms with Crippen molar-refractivity contribution in [1.29, 1.82) is 0 Å². The fourth-order valence-corrected chi connectivity index (χ4v) is 2.10. The molecule has 0 aliphatic heterocycles. The van der Waals surface area contributed by atoms with Crippen molar-refractivity contribution in [3.05, 3.63) is 0 Å². The number of carbonyl (C=O) groups is 1. The van der Waals surface area contributed by atoms with Gasteiger partial charge in [-0.1, -0.05) is 0 Å². The molecule has 0 heterocycles. The van der Waals surface area contributed by atoms with Crippen molar-refractivity contribution in [2.75, 3.05) is 19.8 Å². The Kier molecular flexibility index (Phi) is 6.83. The summed E-state index contributed by atoms with van der Waals surface area (Å²) in [5.74, 6) is 0.356. The zero-order valence-corrected chi connectivity index (χ0v) is 9.62. The molecule has 0 radical (unpaired) electrons. The Morgan fingerprint density at radius 1 is 1.21 bits per heavy atom. The maximum Gasteiger partial charge on any atom is 0.337 e. The second-order valence-corrected chi connectivity index (χ2v) is 4.18. The summed E-state index contributed by atoms with van der Waals surface area (Å²) in [7, 11) is -3.15. The molecule has 5 nitrogen and oxygen atoms in total. The van der Waals surface area contributed by atoms with E-state index in [-0.39, 0.29) is 19.8 Å². The molecule has 0 aromatic carbocycles. The van der Waals surface area contributed by atoms with Crippen LogP contribution < -0.4 is 0 Å². The average Bonchev–Trinajstić information content (AvgIpc) is 2.04. The maximum atomic E-state index is 11.0.